The smallest absolute Gasteiger partial charge is 0.269 e. The van der Waals surface area contributed by atoms with Gasteiger partial charge in [-0.05, 0) is 11.1 Å². The Morgan fingerprint density at radius 2 is 2.31 bits per heavy atom. The number of unbranched alkanes of at least 4 members (excludes halogenated alkanes) is 2. The molecule has 1 heterocycles. The van der Waals surface area contributed by atoms with Crippen LogP contribution in [0.2, 0.25) is 0 Å². The van der Waals surface area contributed by atoms with Gasteiger partial charge in [-0.2, -0.15) is 5.21 Å². The van der Waals surface area contributed by atoms with Gasteiger partial charge in [0, 0.05) is 6.42 Å². The van der Waals surface area contributed by atoms with E-state index < -0.39 is 0 Å². The molecule has 0 unspecified atom stereocenters. The molecule has 0 aromatic carbocycles. The molecule has 1 atom stereocenters. The monoisotopic (exact) mass is 225 g/mol. The van der Waals surface area contributed by atoms with Crippen molar-refractivity contribution in [2.24, 2.45) is 5.92 Å². The number of carbonyl (C=O) groups excluding carboxylic acids is 1. The SMILES string of the molecule is CCCCC[C@H](C)CC(=O)Nc1nn[nH]n1. The van der Waals surface area contributed by atoms with Gasteiger partial charge in [-0.3, -0.25) is 10.1 Å². The topological polar surface area (TPSA) is 83.6 Å². The lowest BCUT2D eigenvalue weighted by Gasteiger charge is -2.09. The molecular formula is C10H19N5O. The summed E-state index contributed by atoms with van der Waals surface area (Å²) >= 11 is 0. The molecule has 0 saturated carbocycles. The molecule has 6 heteroatoms. The number of aromatic nitrogens is 4. The van der Waals surface area contributed by atoms with Gasteiger partial charge in [0.05, 0.1) is 0 Å². The first-order valence-electron chi connectivity index (χ1n) is 5.75. The highest BCUT2D eigenvalue weighted by atomic mass is 16.1. The first kappa shape index (κ1) is 12.6. The molecule has 16 heavy (non-hydrogen) atoms. The van der Waals surface area contributed by atoms with Gasteiger partial charge < -0.3 is 0 Å². The van der Waals surface area contributed by atoms with Crippen LogP contribution >= 0.6 is 0 Å². The number of aromatic amines is 1. The lowest BCUT2D eigenvalue weighted by atomic mass is 10.00. The maximum absolute atomic E-state index is 11.5. The molecule has 0 spiro atoms. The minimum absolute atomic E-state index is 0.0506. The molecule has 0 aliphatic rings. The van der Waals surface area contributed by atoms with Crippen molar-refractivity contribution < 1.29 is 4.79 Å². The number of rotatable bonds is 7. The van der Waals surface area contributed by atoms with E-state index in [-0.39, 0.29) is 11.9 Å². The van der Waals surface area contributed by atoms with Crippen LogP contribution in [0.1, 0.15) is 46.0 Å². The van der Waals surface area contributed by atoms with Crippen LogP contribution in [0.15, 0.2) is 0 Å². The zero-order chi connectivity index (χ0) is 11.8. The van der Waals surface area contributed by atoms with Crippen LogP contribution in [0.3, 0.4) is 0 Å². The third-order valence-electron chi connectivity index (χ3n) is 2.43. The Kier molecular flexibility index (Phi) is 5.45. The molecule has 0 aliphatic heterocycles. The first-order chi connectivity index (χ1) is 7.72. The van der Waals surface area contributed by atoms with Crippen molar-refractivity contribution >= 4 is 11.9 Å². The van der Waals surface area contributed by atoms with Gasteiger partial charge in [0.15, 0.2) is 0 Å². The predicted octanol–water partition coefficient (Wildman–Crippen LogP) is 1.74. The van der Waals surface area contributed by atoms with E-state index in [1.165, 1.54) is 19.3 Å². The van der Waals surface area contributed by atoms with Gasteiger partial charge in [-0.25, -0.2) is 0 Å². The lowest BCUT2D eigenvalue weighted by molar-refractivity contribution is -0.117. The summed E-state index contributed by atoms with van der Waals surface area (Å²) in [6, 6.07) is 0. The molecule has 0 bridgehead atoms. The Labute approximate surface area is 95.2 Å². The highest BCUT2D eigenvalue weighted by molar-refractivity contribution is 5.88. The van der Waals surface area contributed by atoms with Gasteiger partial charge >= 0.3 is 0 Å². The van der Waals surface area contributed by atoms with Crippen LogP contribution in [-0.2, 0) is 4.79 Å². The van der Waals surface area contributed by atoms with E-state index in [2.05, 4.69) is 39.8 Å². The first-order valence-corrected chi connectivity index (χ1v) is 5.75. The largest absolute Gasteiger partial charge is 0.292 e. The number of hydrogen-bond acceptors (Lipinski definition) is 4. The maximum atomic E-state index is 11.5. The van der Waals surface area contributed by atoms with E-state index in [4.69, 9.17) is 0 Å². The van der Waals surface area contributed by atoms with Crippen molar-refractivity contribution in [2.45, 2.75) is 46.0 Å². The summed E-state index contributed by atoms with van der Waals surface area (Å²) in [6.45, 7) is 4.26. The number of anilines is 1. The fourth-order valence-electron chi connectivity index (χ4n) is 1.55. The van der Waals surface area contributed by atoms with E-state index >= 15 is 0 Å². The molecule has 1 aromatic heterocycles. The number of H-pyrrole nitrogens is 1. The average Bonchev–Trinajstić information content (AvgIpc) is 2.70. The molecule has 1 amide bonds. The van der Waals surface area contributed by atoms with Gasteiger partial charge in [0.2, 0.25) is 5.91 Å². The van der Waals surface area contributed by atoms with E-state index in [9.17, 15) is 4.79 Å². The van der Waals surface area contributed by atoms with E-state index in [0.29, 0.717) is 12.3 Å². The Morgan fingerprint density at radius 3 is 2.94 bits per heavy atom. The molecule has 90 valence electrons. The zero-order valence-electron chi connectivity index (χ0n) is 9.86. The van der Waals surface area contributed by atoms with Crippen LogP contribution in [0.5, 0.6) is 0 Å². The number of tetrazole rings is 1. The molecule has 1 rings (SSSR count). The van der Waals surface area contributed by atoms with Gasteiger partial charge in [-0.1, -0.05) is 44.6 Å². The quantitative estimate of drug-likeness (QED) is 0.692. The zero-order valence-corrected chi connectivity index (χ0v) is 9.86. The van der Waals surface area contributed by atoms with Crippen molar-refractivity contribution in [1.82, 2.24) is 20.6 Å². The second-order valence-corrected chi connectivity index (χ2v) is 4.09. The second kappa shape index (κ2) is 6.92. The highest BCUT2D eigenvalue weighted by Crippen LogP contribution is 2.13. The van der Waals surface area contributed by atoms with Crippen LogP contribution in [0.25, 0.3) is 0 Å². The molecule has 2 N–H and O–H groups in total. The third-order valence-corrected chi connectivity index (χ3v) is 2.43. The number of nitrogens with one attached hydrogen (secondary N) is 2. The van der Waals surface area contributed by atoms with Gasteiger partial charge in [0.25, 0.3) is 5.95 Å². The molecule has 0 saturated heterocycles. The number of amides is 1. The summed E-state index contributed by atoms with van der Waals surface area (Å²) in [7, 11) is 0. The average molecular weight is 225 g/mol. The second-order valence-electron chi connectivity index (χ2n) is 4.09. The van der Waals surface area contributed by atoms with Crippen molar-refractivity contribution in [3.05, 3.63) is 0 Å². The number of hydrogen-bond donors (Lipinski definition) is 2. The van der Waals surface area contributed by atoms with Gasteiger partial charge in [0.1, 0.15) is 0 Å². The van der Waals surface area contributed by atoms with Gasteiger partial charge in [-0.15, -0.1) is 5.10 Å². The Bertz CT molecular complexity index is 298. The van der Waals surface area contributed by atoms with Crippen molar-refractivity contribution in [1.29, 1.82) is 0 Å². The summed E-state index contributed by atoms with van der Waals surface area (Å²) in [5.41, 5.74) is 0. The van der Waals surface area contributed by atoms with Crippen LogP contribution in [0, 0.1) is 5.92 Å². The predicted molar refractivity (Wildman–Crippen MR) is 60.7 cm³/mol. The molecule has 1 aromatic rings. The van der Waals surface area contributed by atoms with Crippen LogP contribution in [-0.4, -0.2) is 26.5 Å². The normalized spacial score (nSPS) is 12.4. The fraction of sp³-hybridized carbons (Fsp3) is 0.800. The molecular weight excluding hydrogens is 206 g/mol. The summed E-state index contributed by atoms with van der Waals surface area (Å²) in [5, 5.41) is 15.6. The highest BCUT2D eigenvalue weighted by Gasteiger charge is 2.10. The van der Waals surface area contributed by atoms with Crippen molar-refractivity contribution in [3.8, 4) is 0 Å². The summed E-state index contributed by atoms with van der Waals surface area (Å²) in [4.78, 5) is 11.5. The van der Waals surface area contributed by atoms with E-state index in [0.717, 1.165) is 6.42 Å². The number of nitrogens with zero attached hydrogens (tertiary/aromatic N) is 3. The van der Waals surface area contributed by atoms with Crippen LogP contribution < -0.4 is 5.32 Å². The Balaban J connectivity index is 2.18. The summed E-state index contributed by atoms with van der Waals surface area (Å²) < 4.78 is 0. The molecule has 0 aliphatic carbocycles. The van der Waals surface area contributed by atoms with Crippen LogP contribution in [0.4, 0.5) is 5.95 Å². The third kappa shape index (κ3) is 4.86. The van der Waals surface area contributed by atoms with E-state index in [1.54, 1.807) is 0 Å². The fourth-order valence-corrected chi connectivity index (χ4v) is 1.55. The van der Waals surface area contributed by atoms with E-state index in [1.807, 2.05) is 0 Å². The lowest BCUT2D eigenvalue weighted by Crippen LogP contribution is -2.16. The molecule has 6 nitrogen and oxygen atoms in total. The Hall–Kier alpha value is -1.46. The minimum Gasteiger partial charge on any atom is -0.292 e. The maximum Gasteiger partial charge on any atom is 0.269 e. The standard InChI is InChI=1S/C10H19N5O/c1-3-4-5-6-8(2)7-9(16)11-10-12-14-15-13-10/h8H,3-7H2,1-2H3,(H2,11,12,13,14,15,16)/t8-/m0/s1. The number of carbonyl (C=O) groups is 1. The van der Waals surface area contributed by atoms with Crippen molar-refractivity contribution in [2.75, 3.05) is 5.32 Å². The molecule has 0 fully saturated rings. The summed E-state index contributed by atoms with van der Waals surface area (Å²) in [6.07, 6.45) is 5.23. The Morgan fingerprint density at radius 1 is 1.50 bits per heavy atom. The van der Waals surface area contributed by atoms with Crippen molar-refractivity contribution in [3.63, 3.8) is 0 Å². The minimum atomic E-state index is -0.0506. The molecule has 0 radical (unpaired) electrons. The summed E-state index contributed by atoms with van der Waals surface area (Å²) in [5.74, 6) is 0.592.